The Bertz CT molecular complexity index is 700. The average molecular weight is 365 g/mol. The molecule has 0 saturated heterocycles. The lowest BCUT2D eigenvalue weighted by Crippen LogP contribution is -2.41. The van der Waals surface area contributed by atoms with E-state index in [4.69, 9.17) is 11.6 Å². The standard InChI is InChI=1S/C19H29ClN4O/c1-5-9-15(7-3)23(12-6-2)18(25)13-14(4)24-21-17-11-8-10-16(20)19(17)22-24/h8,10-11,14-15H,5-7,9,12-13H2,1-4H3. The topological polar surface area (TPSA) is 51.0 Å². The van der Waals surface area contributed by atoms with Gasteiger partial charge in [-0.2, -0.15) is 15.0 Å². The smallest absolute Gasteiger partial charge is 0.225 e. The molecule has 2 atom stereocenters. The average Bonchev–Trinajstić information content (AvgIpc) is 3.03. The van der Waals surface area contributed by atoms with Crippen LogP contribution in [0.5, 0.6) is 0 Å². The van der Waals surface area contributed by atoms with Crippen molar-refractivity contribution in [2.45, 2.75) is 71.9 Å². The molecular formula is C19H29ClN4O. The van der Waals surface area contributed by atoms with Crippen LogP contribution in [0.1, 0.15) is 65.8 Å². The Balaban J connectivity index is 2.14. The van der Waals surface area contributed by atoms with Crippen LogP contribution in [0.15, 0.2) is 18.2 Å². The molecule has 0 saturated carbocycles. The molecule has 5 nitrogen and oxygen atoms in total. The van der Waals surface area contributed by atoms with E-state index in [2.05, 4.69) is 35.9 Å². The number of amides is 1. The molecule has 0 N–H and O–H groups in total. The number of fused-ring (bicyclic) bond motifs is 1. The highest BCUT2D eigenvalue weighted by Crippen LogP contribution is 2.22. The van der Waals surface area contributed by atoms with Gasteiger partial charge in [-0.3, -0.25) is 4.79 Å². The van der Waals surface area contributed by atoms with E-state index in [9.17, 15) is 4.79 Å². The Labute approximate surface area is 155 Å². The first kappa shape index (κ1) is 19.7. The van der Waals surface area contributed by atoms with Crippen molar-refractivity contribution in [3.05, 3.63) is 23.2 Å². The van der Waals surface area contributed by atoms with Crippen molar-refractivity contribution >= 4 is 28.5 Å². The highest BCUT2D eigenvalue weighted by Gasteiger charge is 2.24. The van der Waals surface area contributed by atoms with Crippen molar-refractivity contribution in [1.29, 1.82) is 0 Å². The molecule has 0 aliphatic rings. The Kier molecular flexibility index (Phi) is 7.24. The fourth-order valence-electron chi connectivity index (χ4n) is 3.23. The van der Waals surface area contributed by atoms with E-state index in [1.54, 1.807) is 10.9 Å². The largest absolute Gasteiger partial charge is 0.340 e. The zero-order valence-corrected chi connectivity index (χ0v) is 16.5. The van der Waals surface area contributed by atoms with E-state index in [1.807, 2.05) is 19.1 Å². The van der Waals surface area contributed by atoms with Crippen LogP contribution in [-0.4, -0.2) is 38.4 Å². The summed E-state index contributed by atoms with van der Waals surface area (Å²) >= 11 is 6.18. The molecule has 0 aliphatic carbocycles. The number of carbonyl (C=O) groups is 1. The number of halogens is 1. The first-order chi connectivity index (χ1) is 12.0. The summed E-state index contributed by atoms with van der Waals surface area (Å²) in [4.78, 5) is 16.6. The third-order valence-electron chi connectivity index (χ3n) is 4.56. The van der Waals surface area contributed by atoms with Gasteiger partial charge in [0.15, 0.2) is 0 Å². The lowest BCUT2D eigenvalue weighted by molar-refractivity contribution is -0.134. The maximum Gasteiger partial charge on any atom is 0.225 e. The summed E-state index contributed by atoms with van der Waals surface area (Å²) in [5.41, 5.74) is 1.45. The van der Waals surface area contributed by atoms with Gasteiger partial charge in [0.25, 0.3) is 0 Å². The molecule has 1 aromatic carbocycles. The molecular weight excluding hydrogens is 336 g/mol. The second-order valence-electron chi connectivity index (χ2n) is 6.62. The van der Waals surface area contributed by atoms with Crippen LogP contribution in [0.25, 0.3) is 11.0 Å². The lowest BCUT2D eigenvalue weighted by atomic mass is 10.1. The van der Waals surface area contributed by atoms with Crippen molar-refractivity contribution < 1.29 is 4.79 Å². The van der Waals surface area contributed by atoms with Gasteiger partial charge in [0, 0.05) is 12.6 Å². The molecule has 1 aromatic heterocycles. The molecule has 0 aliphatic heterocycles. The molecule has 0 fully saturated rings. The Morgan fingerprint density at radius 2 is 2.00 bits per heavy atom. The molecule has 2 rings (SSSR count). The van der Waals surface area contributed by atoms with E-state index in [0.717, 1.165) is 37.7 Å². The van der Waals surface area contributed by atoms with Gasteiger partial charge in [0.05, 0.1) is 17.5 Å². The van der Waals surface area contributed by atoms with Crippen molar-refractivity contribution in [2.75, 3.05) is 6.54 Å². The zero-order chi connectivity index (χ0) is 18.4. The van der Waals surface area contributed by atoms with Gasteiger partial charge in [-0.1, -0.05) is 44.9 Å². The van der Waals surface area contributed by atoms with E-state index in [1.165, 1.54) is 0 Å². The number of hydrogen-bond donors (Lipinski definition) is 0. The van der Waals surface area contributed by atoms with Gasteiger partial charge in [0.1, 0.15) is 11.0 Å². The van der Waals surface area contributed by atoms with Crippen molar-refractivity contribution in [2.24, 2.45) is 0 Å². The third-order valence-corrected chi connectivity index (χ3v) is 4.87. The molecule has 1 heterocycles. The summed E-state index contributed by atoms with van der Waals surface area (Å²) in [5, 5.41) is 9.55. The SMILES string of the molecule is CCCC(CC)N(CCC)C(=O)CC(C)n1nc2cccc(Cl)c2n1. The quantitative estimate of drug-likeness (QED) is 0.638. The van der Waals surface area contributed by atoms with Crippen molar-refractivity contribution in [1.82, 2.24) is 19.9 Å². The van der Waals surface area contributed by atoms with Gasteiger partial charge in [-0.15, -0.1) is 0 Å². The number of aromatic nitrogens is 3. The Hall–Kier alpha value is -1.62. The van der Waals surface area contributed by atoms with Crippen LogP contribution in [-0.2, 0) is 4.79 Å². The second-order valence-corrected chi connectivity index (χ2v) is 7.03. The molecule has 0 spiro atoms. The molecule has 25 heavy (non-hydrogen) atoms. The number of hydrogen-bond acceptors (Lipinski definition) is 3. The van der Waals surface area contributed by atoms with E-state index in [0.29, 0.717) is 23.0 Å². The lowest BCUT2D eigenvalue weighted by Gasteiger charge is -2.31. The first-order valence-electron chi connectivity index (χ1n) is 9.32. The Morgan fingerprint density at radius 3 is 2.60 bits per heavy atom. The van der Waals surface area contributed by atoms with Gasteiger partial charge in [-0.25, -0.2) is 0 Å². The van der Waals surface area contributed by atoms with E-state index >= 15 is 0 Å². The molecule has 2 unspecified atom stereocenters. The normalized spacial score (nSPS) is 13.8. The fourth-order valence-corrected chi connectivity index (χ4v) is 3.44. The number of rotatable bonds is 9. The summed E-state index contributed by atoms with van der Waals surface area (Å²) in [5.74, 6) is 0.183. The zero-order valence-electron chi connectivity index (χ0n) is 15.7. The molecule has 1 amide bonds. The van der Waals surface area contributed by atoms with E-state index in [-0.39, 0.29) is 11.9 Å². The van der Waals surface area contributed by atoms with Crippen LogP contribution in [0.3, 0.4) is 0 Å². The fraction of sp³-hybridized carbons (Fsp3) is 0.632. The van der Waals surface area contributed by atoms with Gasteiger partial charge in [0.2, 0.25) is 5.91 Å². The summed E-state index contributed by atoms with van der Waals surface area (Å²) < 4.78 is 0. The predicted octanol–water partition coefficient (Wildman–Crippen LogP) is 4.85. The molecule has 0 bridgehead atoms. The second kappa shape index (κ2) is 9.18. The third kappa shape index (κ3) is 4.72. The summed E-state index contributed by atoms with van der Waals surface area (Å²) in [6, 6.07) is 5.77. The molecule has 6 heteroatoms. The number of carbonyl (C=O) groups excluding carboxylic acids is 1. The van der Waals surface area contributed by atoms with Crippen LogP contribution in [0.2, 0.25) is 5.02 Å². The van der Waals surface area contributed by atoms with Crippen molar-refractivity contribution in [3.8, 4) is 0 Å². The van der Waals surface area contributed by atoms with Crippen LogP contribution in [0.4, 0.5) is 0 Å². The summed E-state index contributed by atoms with van der Waals surface area (Å²) in [6.45, 7) is 9.23. The van der Waals surface area contributed by atoms with Crippen LogP contribution < -0.4 is 0 Å². The predicted molar refractivity (Wildman–Crippen MR) is 103 cm³/mol. The molecule has 2 aromatic rings. The van der Waals surface area contributed by atoms with Gasteiger partial charge < -0.3 is 4.90 Å². The van der Waals surface area contributed by atoms with Crippen LogP contribution in [0, 0.1) is 0 Å². The minimum Gasteiger partial charge on any atom is -0.340 e. The van der Waals surface area contributed by atoms with E-state index < -0.39 is 0 Å². The first-order valence-corrected chi connectivity index (χ1v) is 9.70. The molecule has 0 radical (unpaired) electrons. The van der Waals surface area contributed by atoms with Gasteiger partial charge in [-0.05, 0) is 38.3 Å². The highest BCUT2D eigenvalue weighted by molar-refractivity contribution is 6.34. The summed E-state index contributed by atoms with van der Waals surface area (Å²) in [6.07, 6.45) is 4.51. The maximum absolute atomic E-state index is 12.9. The highest BCUT2D eigenvalue weighted by atomic mass is 35.5. The monoisotopic (exact) mass is 364 g/mol. The minimum absolute atomic E-state index is 0.102. The van der Waals surface area contributed by atoms with Gasteiger partial charge >= 0.3 is 0 Å². The molecule has 138 valence electrons. The summed E-state index contributed by atoms with van der Waals surface area (Å²) in [7, 11) is 0. The maximum atomic E-state index is 12.9. The number of benzene rings is 1. The Morgan fingerprint density at radius 1 is 1.24 bits per heavy atom. The van der Waals surface area contributed by atoms with Crippen LogP contribution >= 0.6 is 11.6 Å². The van der Waals surface area contributed by atoms with Crippen molar-refractivity contribution in [3.63, 3.8) is 0 Å². The number of nitrogens with zero attached hydrogens (tertiary/aromatic N) is 4. The minimum atomic E-state index is -0.102.